The summed E-state index contributed by atoms with van der Waals surface area (Å²) in [5, 5.41) is 6.74. The van der Waals surface area contributed by atoms with Gasteiger partial charge in [0.2, 0.25) is 0 Å². The van der Waals surface area contributed by atoms with Crippen molar-refractivity contribution in [2.45, 2.75) is 32.9 Å². The van der Waals surface area contributed by atoms with Crippen LogP contribution in [0.25, 0.3) is 10.4 Å². The largest absolute Gasteiger partial charge is 0.459 e. The lowest BCUT2D eigenvalue weighted by atomic mass is 10.0. The number of thiophene rings is 1. The standard InChI is InChI=1S/C19H20N2O2S2/c1-11(2)23-18(22)16-12(3)20-19(24)21-17(16)15-10-9-14(25-15)13-7-5-4-6-8-13/h4-11,17H,1-3H3,(H2,20,21,24). The molecule has 1 aliphatic rings. The number of esters is 1. The number of hydrogen-bond acceptors (Lipinski definition) is 4. The summed E-state index contributed by atoms with van der Waals surface area (Å²) in [6.07, 6.45) is -0.175. The third kappa shape index (κ3) is 3.91. The Kier molecular flexibility index (Phi) is 5.20. The molecule has 3 rings (SSSR count). The lowest BCUT2D eigenvalue weighted by Gasteiger charge is -2.29. The second-order valence-electron chi connectivity index (χ2n) is 6.09. The van der Waals surface area contributed by atoms with E-state index in [0.29, 0.717) is 10.7 Å². The third-order valence-corrected chi connectivity index (χ3v) is 5.22. The van der Waals surface area contributed by atoms with Crippen molar-refractivity contribution in [3.8, 4) is 10.4 Å². The van der Waals surface area contributed by atoms with Gasteiger partial charge in [0.25, 0.3) is 0 Å². The molecule has 0 bridgehead atoms. The molecule has 0 fully saturated rings. The topological polar surface area (TPSA) is 50.4 Å². The van der Waals surface area contributed by atoms with E-state index in [1.165, 1.54) is 0 Å². The highest BCUT2D eigenvalue weighted by Gasteiger charge is 2.32. The molecule has 0 amide bonds. The lowest BCUT2D eigenvalue weighted by molar-refractivity contribution is -0.143. The fourth-order valence-electron chi connectivity index (χ4n) is 2.72. The van der Waals surface area contributed by atoms with E-state index >= 15 is 0 Å². The van der Waals surface area contributed by atoms with Gasteiger partial charge in [0, 0.05) is 15.5 Å². The minimum atomic E-state index is -0.324. The van der Waals surface area contributed by atoms with E-state index in [1.54, 1.807) is 11.3 Å². The van der Waals surface area contributed by atoms with Gasteiger partial charge in [-0.1, -0.05) is 30.3 Å². The van der Waals surface area contributed by atoms with Crippen molar-refractivity contribution in [1.82, 2.24) is 10.6 Å². The zero-order chi connectivity index (χ0) is 18.0. The molecule has 1 aliphatic heterocycles. The van der Waals surface area contributed by atoms with Gasteiger partial charge in [0.1, 0.15) is 0 Å². The van der Waals surface area contributed by atoms with E-state index in [-0.39, 0.29) is 18.1 Å². The fraction of sp³-hybridized carbons (Fsp3) is 0.263. The van der Waals surface area contributed by atoms with Gasteiger partial charge in [-0.25, -0.2) is 4.79 Å². The highest BCUT2D eigenvalue weighted by Crippen LogP contribution is 2.36. The van der Waals surface area contributed by atoms with Gasteiger partial charge in [-0.2, -0.15) is 0 Å². The van der Waals surface area contributed by atoms with E-state index in [0.717, 1.165) is 21.0 Å². The van der Waals surface area contributed by atoms with Gasteiger partial charge >= 0.3 is 5.97 Å². The maximum Gasteiger partial charge on any atom is 0.338 e. The Hall–Kier alpha value is -2.18. The molecule has 4 nitrogen and oxygen atoms in total. The Bertz CT molecular complexity index is 825. The summed E-state index contributed by atoms with van der Waals surface area (Å²) in [6, 6.07) is 14.0. The van der Waals surface area contributed by atoms with E-state index in [9.17, 15) is 4.79 Å². The number of thiocarbonyl (C=S) groups is 1. The SMILES string of the molecule is CC1=C(C(=O)OC(C)C)C(c2ccc(-c3ccccc3)s2)NC(=S)N1. The van der Waals surface area contributed by atoms with Crippen LogP contribution in [0.1, 0.15) is 31.7 Å². The molecule has 2 aromatic rings. The van der Waals surface area contributed by atoms with Gasteiger partial charge in [-0.3, -0.25) is 0 Å². The smallest absolute Gasteiger partial charge is 0.338 e. The highest BCUT2D eigenvalue weighted by atomic mass is 32.1. The van der Waals surface area contributed by atoms with Crippen molar-refractivity contribution < 1.29 is 9.53 Å². The lowest BCUT2D eigenvalue weighted by Crippen LogP contribution is -2.45. The van der Waals surface area contributed by atoms with Crippen LogP contribution in [0, 0.1) is 0 Å². The van der Waals surface area contributed by atoms with Crippen LogP contribution in [0.5, 0.6) is 0 Å². The Morgan fingerprint density at radius 3 is 2.60 bits per heavy atom. The first-order valence-electron chi connectivity index (χ1n) is 8.10. The molecule has 0 saturated heterocycles. The Balaban J connectivity index is 1.96. The molecule has 0 saturated carbocycles. The van der Waals surface area contributed by atoms with Crippen LogP contribution in [0.4, 0.5) is 0 Å². The first-order valence-corrected chi connectivity index (χ1v) is 9.32. The molecule has 0 radical (unpaired) electrons. The van der Waals surface area contributed by atoms with Crippen molar-refractivity contribution in [1.29, 1.82) is 0 Å². The minimum absolute atomic E-state index is 0.175. The maximum atomic E-state index is 12.6. The summed E-state index contributed by atoms with van der Waals surface area (Å²) in [4.78, 5) is 14.8. The van der Waals surface area contributed by atoms with Gasteiger partial charge in [0.05, 0.1) is 17.7 Å². The second-order valence-corrected chi connectivity index (χ2v) is 7.62. The van der Waals surface area contributed by atoms with Crippen LogP contribution in [0.15, 0.2) is 53.7 Å². The molecule has 1 aromatic carbocycles. The maximum absolute atomic E-state index is 12.6. The summed E-state index contributed by atoms with van der Waals surface area (Å²) in [5.74, 6) is -0.324. The highest BCUT2D eigenvalue weighted by molar-refractivity contribution is 7.80. The van der Waals surface area contributed by atoms with E-state index < -0.39 is 0 Å². The normalized spacial score (nSPS) is 17.3. The van der Waals surface area contributed by atoms with Crippen molar-refractivity contribution in [2.24, 2.45) is 0 Å². The molecule has 2 N–H and O–H groups in total. The van der Waals surface area contributed by atoms with Crippen LogP contribution in [-0.4, -0.2) is 17.2 Å². The number of ether oxygens (including phenoxy) is 1. The second kappa shape index (κ2) is 7.37. The van der Waals surface area contributed by atoms with Crippen molar-refractivity contribution in [3.63, 3.8) is 0 Å². The molecule has 1 unspecified atom stereocenters. The van der Waals surface area contributed by atoms with Gasteiger partial charge < -0.3 is 15.4 Å². The Labute approximate surface area is 156 Å². The van der Waals surface area contributed by atoms with E-state index in [2.05, 4.69) is 28.8 Å². The summed E-state index contributed by atoms with van der Waals surface area (Å²) < 4.78 is 5.42. The van der Waals surface area contributed by atoms with Crippen molar-refractivity contribution in [2.75, 3.05) is 0 Å². The third-order valence-electron chi connectivity index (χ3n) is 3.80. The number of nitrogens with one attached hydrogen (secondary N) is 2. The number of allylic oxidation sites excluding steroid dienone is 1. The van der Waals surface area contributed by atoms with Crippen LogP contribution in [-0.2, 0) is 9.53 Å². The molecule has 2 heterocycles. The average molecular weight is 373 g/mol. The fourth-order valence-corrected chi connectivity index (χ4v) is 4.07. The summed E-state index contributed by atoms with van der Waals surface area (Å²) in [6.45, 7) is 5.54. The van der Waals surface area contributed by atoms with Gasteiger partial charge in [-0.05, 0) is 50.7 Å². The molecule has 0 aliphatic carbocycles. The predicted molar refractivity (Wildman–Crippen MR) is 105 cm³/mol. The van der Waals surface area contributed by atoms with E-state index in [1.807, 2.05) is 45.0 Å². The number of carbonyl (C=O) groups excluding carboxylic acids is 1. The molecule has 130 valence electrons. The predicted octanol–water partition coefficient (Wildman–Crippen LogP) is 4.16. The van der Waals surface area contributed by atoms with Crippen LogP contribution < -0.4 is 10.6 Å². The number of carbonyl (C=O) groups is 1. The summed E-state index contributed by atoms with van der Waals surface area (Å²) in [5.41, 5.74) is 2.46. The number of benzene rings is 1. The van der Waals surface area contributed by atoms with Crippen LogP contribution in [0.2, 0.25) is 0 Å². The molecule has 6 heteroatoms. The molecule has 1 atom stereocenters. The quantitative estimate of drug-likeness (QED) is 0.623. The molecule has 0 spiro atoms. The van der Waals surface area contributed by atoms with Crippen molar-refractivity contribution in [3.05, 3.63) is 58.6 Å². The zero-order valence-electron chi connectivity index (χ0n) is 14.3. The van der Waals surface area contributed by atoms with Crippen LogP contribution in [0.3, 0.4) is 0 Å². The summed E-state index contributed by atoms with van der Waals surface area (Å²) in [7, 11) is 0. The molecular formula is C19H20N2O2S2. The first kappa shape index (κ1) is 17.6. The molecular weight excluding hydrogens is 352 g/mol. The molecule has 1 aromatic heterocycles. The number of hydrogen-bond donors (Lipinski definition) is 2. The average Bonchev–Trinajstić information content (AvgIpc) is 3.04. The Morgan fingerprint density at radius 1 is 1.20 bits per heavy atom. The zero-order valence-corrected chi connectivity index (χ0v) is 16.0. The first-order chi connectivity index (χ1) is 12.0. The number of rotatable bonds is 4. The van der Waals surface area contributed by atoms with Gasteiger partial charge in [0.15, 0.2) is 5.11 Å². The monoisotopic (exact) mass is 372 g/mol. The van der Waals surface area contributed by atoms with Crippen molar-refractivity contribution >= 4 is 34.6 Å². The molecule has 25 heavy (non-hydrogen) atoms. The van der Waals surface area contributed by atoms with Gasteiger partial charge in [-0.15, -0.1) is 11.3 Å². The Morgan fingerprint density at radius 2 is 1.92 bits per heavy atom. The van der Waals surface area contributed by atoms with E-state index in [4.69, 9.17) is 17.0 Å². The summed E-state index contributed by atoms with van der Waals surface area (Å²) >= 11 is 6.93. The minimum Gasteiger partial charge on any atom is -0.459 e. The van der Waals surface area contributed by atoms with Crippen LogP contribution >= 0.6 is 23.6 Å².